The molecule has 1 heterocycles. The van der Waals surface area contributed by atoms with Crippen LogP contribution in [0.3, 0.4) is 0 Å². The summed E-state index contributed by atoms with van der Waals surface area (Å²) >= 11 is 12.1. The summed E-state index contributed by atoms with van der Waals surface area (Å²) in [6.07, 6.45) is 0. The molecule has 1 fully saturated rings. The molecule has 1 N–H and O–H groups in total. The summed E-state index contributed by atoms with van der Waals surface area (Å²) in [6, 6.07) is 17.9. The number of piperazine rings is 1. The number of amides is 2. The van der Waals surface area contributed by atoms with Gasteiger partial charge in [0.25, 0.3) is 11.8 Å². The molecule has 0 aromatic heterocycles. The third-order valence-corrected chi connectivity index (χ3v) is 5.81. The van der Waals surface area contributed by atoms with Gasteiger partial charge in [0.05, 0.1) is 16.9 Å². The lowest BCUT2D eigenvalue weighted by Gasteiger charge is -2.37. The highest BCUT2D eigenvalue weighted by Crippen LogP contribution is 2.31. The van der Waals surface area contributed by atoms with Crippen LogP contribution < -0.4 is 10.2 Å². The minimum absolute atomic E-state index is 0.0726. The number of carbonyl (C=O) groups is 2. The number of anilines is 2. The van der Waals surface area contributed by atoms with Gasteiger partial charge in [-0.2, -0.15) is 0 Å². The molecule has 164 valence electrons. The fourth-order valence-corrected chi connectivity index (χ4v) is 3.93. The second kappa shape index (κ2) is 9.59. The van der Waals surface area contributed by atoms with E-state index in [1.54, 1.807) is 53.4 Å². The Morgan fingerprint density at radius 2 is 1.50 bits per heavy atom. The number of halogens is 3. The van der Waals surface area contributed by atoms with Gasteiger partial charge >= 0.3 is 0 Å². The van der Waals surface area contributed by atoms with Gasteiger partial charge in [-0.1, -0.05) is 35.3 Å². The highest BCUT2D eigenvalue weighted by molar-refractivity contribution is 6.31. The van der Waals surface area contributed by atoms with Gasteiger partial charge in [0.1, 0.15) is 5.82 Å². The van der Waals surface area contributed by atoms with Crippen LogP contribution in [0.15, 0.2) is 66.7 Å². The zero-order valence-electron chi connectivity index (χ0n) is 17.0. The highest BCUT2D eigenvalue weighted by Gasteiger charge is 2.25. The third-order valence-electron chi connectivity index (χ3n) is 5.33. The highest BCUT2D eigenvalue weighted by atomic mass is 35.5. The number of benzene rings is 3. The van der Waals surface area contributed by atoms with Crippen molar-refractivity contribution in [3.8, 4) is 0 Å². The second-order valence-electron chi connectivity index (χ2n) is 7.38. The Morgan fingerprint density at radius 3 is 2.19 bits per heavy atom. The maximum absolute atomic E-state index is 14.0. The third kappa shape index (κ3) is 4.87. The molecule has 0 aliphatic carbocycles. The lowest BCUT2D eigenvalue weighted by Crippen LogP contribution is -2.49. The number of rotatable bonds is 4. The number of nitrogens with zero attached hydrogens (tertiary/aromatic N) is 2. The van der Waals surface area contributed by atoms with Gasteiger partial charge < -0.3 is 15.1 Å². The average Bonchev–Trinajstić information content (AvgIpc) is 2.80. The summed E-state index contributed by atoms with van der Waals surface area (Å²) in [4.78, 5) is 29.1. The zero-order chi connectivity index (χ0) is 22.7. The Labute approximate surface area is 195 Å². The van der Waals surface area contributed by atoms with Gasteiger partial charge in [-0.3, -0.25) is 9.59 Å². The Morgan fingerprint density at radius 1 is 0.844 bits per heavy atom. The quantitative estimate of drug-likeness (QED) is 0.557. The Hall–Kier alpha value is -3.09. The van der Waals surface area contributed by atoms with Crippen LogP contribution in [-0.4, -0.2) is 42.9 Å². The van der Waals surface area contributed by atoms with E-state index in [1.165, 1.54) is 12.1 Å². The molecule has 4 rings (SSSR count). The molecule has 3 aromatic carbocycles. The molecule has 1 aliphatic rings. The number of hydrogen-bond donors (Lipinski definition) is 1. The van der Waals surface area contributed by atoms with Crippen LogP contribution in [-0.2, 0) is 0 Å². The SMILES string of the molecule is O=C(Nc1cc(Cl)ccc1N1CCN(C(=O)c2ccccc2F)CC1)c1ccc(Cl)cc1. The molecular formula is C24H20Cl2FN3O2. The monoisotopic (exact) mass is 471 g/mol. The summed E-state index contributed by atoms with van der Waals surface area (Å²) in [5.74, 6) is -1.13. The predicted octanol–water partition coefficient (Wildman–Crippen LogP) is 5.35. The van der Waals surface area contributed by atoms with E-state index in [1.807, 2.05) is 6.07 Å². The second-order valence-corrected chi connectivity index (χ2v) is 8.25. The van der Waals surface area contributed by atoms with Crippen molar-refractivity contribution in [1.82, 2.24) is 4.90 Å². The Kier molecular flexibility index (Phi) is 6.63. The minimum atomic E-state index is -0.523. The fraction of sp³-hybridized carbons (Fsp3) is 0.167. The summed E-state index contributed by atoms with van der Waals surface area (Å²) in [5, 5.41) is 3.96. The van der Waals surface area contributed by atoms with Gasteiger partial charge in [0, 0.05) is 41.8 Å². The van der Waals surface area contributed by atoms with E-state index >= 15 is 0 Å². The summed E-state index contributed by atoms with van der Waals surface area (Å²) < 4.78 is 14.0. The minimum Gasteiger partial charge on any atom is -0.366 e. The molecule has 0 unspecified atom stereocenters. The number of hydrogen-bond acceptors (Lipinski definition) is 3. The first-order valence-corrected chi connectivity index (χ1v) is 10.8. The first-order valence-electron chi connectivity index (χ1n) is 10.1. The van der Waals surface area contributed by atoms with Crippen molar-refractivity contribution in [1.29, 1.82) is 0 Å². The topological polar surface area (TPSA) is 52.7 Å². The predicted molar refractivity (Wildman–Crippen MR) is 125 cm³/mol. The standard InChI is InChI=1S/C24H20Cl2FN3O2/c25-17-7-5-16(6-8-17)23(31)28-21-15-18(26)9-10-22(21)29-11-13-30(14-12-29)24(32)19-3-1-2-4-20(19)27/h1-10,15H,11-14H2,(H,28,31). The van der Waals surface area contributed by atoms with E-state index in [0.29, 0.717) is 47.5 Å². The van der Waals surface area contributed by atoms with E-state index < -0.39 is 5.82 Å². The molecule has 2 amide bonds. The molecular weight excluding hydrogens is 452 g/mol. The van der Waals surface area contributed by atoms with Gasteiger partial charge in [0.15, 0.2) is 0 Å². The van der Waals surface area contributed by atoms with Gasteiger partial charge in [-0.05, 0) is 54.6 Å². The van der Waals surface area contributed by atoms with E-state index in [-0.39, 0.29) is 17.4 Å². The Balaban J connectivity index is 1.48. The number of nitrogens with one attached hydrogen (secondary N) is 1. The van der Waals surface area contributed by atoms with Crippen molar-refractivity contribution in [2.45, 2.75) is 0 Å². The van der Waals surface area contributed by atoms with Crippen molar-refractivity contribution in [2.75, 3.05) is 36.4 Å². The molecule has 0 radical (unpaired) electrons. The van der Waals surface area contributed by atoms with Crippen molar-refractivity contribution in [3.05, 3.63) is 93.7 Å². The van der Waals surface area contributed by atoms with Crippen LogP contribution in [0.25, 0.3) is 0 Å². The van der Waals surface area contributed by atoms with Crippen molar-refractivity contribution >= 4 is 46.4 Å². The summed E-state index contributed by atoms with van der Waals surface area (Å²) in [7, 11) is 0. The molecule has 5 nitrogen and oxygen atoms in total. The normalized spacial score (nSPS) is 13.7. The van der Waals surface area contributed by atoms with Gasteiger partial charge in [0.2, 0.25) is 0 Å². The molecule has 0 spiro atoms. The molecule has 3 aromatic rings. The maximum Gasteiger partial charge on any atom is 0.256 e. The summed E-state index contributed by atoms with van der Waals surface area (Å²) in [6.45, 7) is 1.93. The van der Waals surface area contributed by atoms with Crippen LogP contribution in [0, 0.1) is 5.82 Å². The van der Waals surface area contributed by atoms with Crippen LogP contribution in [0.4, 0.5) is 15.8 Å². The molecule has 8 heteroatoms. The Bertz CT molecular complexity index is 1150. The molecule has 0 saturated carbocycles. The molecule has 0 bridgehead atoms. The van der Waals surface area contributed by atoms with Gasteiger partial charge in [-0.15, -0.1) is 0 Å². The van der Waals surface area contributed by atoms with E-state index in [2.05, 4.69) is 10.2 Å². The van der Waals surface area contributed by atoms with Crippen molar-refractivity contribution in [2.24, 2.45) is 0 Å². The van der Waals surface area contributed by atoms with Crippen LogP contribution in [0.1, 0.15) is 20.7 Å². The molecule has 1 saturated heterocycles. The van der Waals surface area contributed by atoms with Crippen LogP contribution in [0.5, 0.6) is 0 Å². The van der Waals surface area contributed by atoms with Crippen LogP contribution in [0.2, 0.25) is 10.0 Å². The van der Waals surface area contributed by atoms with E-state index in [0.717, 1.165) is 5.69 Å². The van der Waals surface area contributed by atoms with Crippen molar-refractivity contribution < 1.29 is 14.0 Å². The first kappa shape index (κ1) is 22.1. The lowest BCUT2D eigenvalue weighted by atomic mass is 10.1. The van der Waals surface area contributed by atoms with E-state index in [9.17, 15) is 14.0 Å². The van der Waals surface area contributed by atoms with Gasteiger partial charge in [-0.25, -0.2) is 4.39 Å². The smallest absolute Gasteiger partial charge is 0.256 e. The number of carbonyl (C=O) groups excluding carboxylic acids is 2. The van der Waals surface area contributed by atoms with Crippen molar-refractivity contribution in [3.63, 3.8) is 0 Å². The molecule has 0 atom stereocenters. The molecule has 32 heavy (non-hydrogen) atoms. The average molecular weight is 472 g/mol. The fourth-order valence-electron chi connectivity index (χ4n) is 3.64. The van der Waals surface area contributed by atoms with Crippen LogP contribution >= 0.6 is 23.2 Å². The lowest BCUT2D eigenvalue weighted by molar-refractivity contribution is 0.0742. The van der Waals surface area contributed by atoms with E-state index in [4.69, 9.17) is 23.2 Å². The summed E-state index contributed by atoms with van der Waals surface area (Å²) in [5.41, 5.74) is 1.92. The first-order chi connectivity index (χ1) is 15.4. The largest absolute Gasteiger partial charge is 0.366 e. The maximum atomic E-state index is 14.0. The molecule has 1 aliphatic heterocycles. The zero-order valence-corrected chi connectivity index (χ0v) is 18.5.